The Morgan fingerprint density at radius 2 is 1.49 bits per heavy atom. The maximum absolute atomic E-state index is 13.4. The fraction of sp³-hybridized carbons (Fsp3) is 0.323. The van der Waals surface area contributed by atoms with Crippen LogP contribution in [0.3, 0.4) is 0 Å². The van der Waals surface area contributed by atoms with E-state index in [4.69, 9.17) is 10.5 Å². The van der Waals surface area contributed by atoms with E-state index in [1.807, 2.05) is 61.5 Å². The molecule has 0 saturated carbocycles. The molecule has 3 aromatic carbocycles. The lowest BCUT2D eigenvalue weighted by molar-refractivity contribution is -0.132. The normalized spacial score (nSPS) is 12.2. The van der Waals surface area contributed by atoms with Crippen molar-refractivity contribution < 1.29 is 19.1 Å². The van der Waals surface area contributed by atoms with Crippen molar-refractivity contribution in [3.05, 3.63) is 101 Å². The zero-order valence-corrected chi connectivity index (χ0v) is 22.6. The number of unbranched alkanes of at least 4 members (excludes halogenated alkanes) is 1. The van der Waals surface area contributed by atoms with Crippen molar-refractivity contribution in [1.29, 1.82) is 0 Å². The number of rotatable bonds is 14. The molecule has 0 aliphatic heterocycles. The smallest absolute Gasteiger partial charge is 0.247 e. The van der Waals surface area contributed by atoms with Gasteiger partial charge in [-0.3, -0.25) is 14.4 Å². The molecule has 8 heteroatoms. The van der Waals surface area contributed by atoms with Gasteiger partial charge in [0.15, 0.2) is 0 Å². The quantitative estimate of drug-likeness (QED) is 0.252. The van der Waals surface area contributed by atoms with Crippen LogP contribution in [0.5, 0.6) is 5.75 Å². The van der Waals surface area contributed by atoms with Gasteiger partial charge in [0.05, 0.1) is 0 Å². The number of carbonyl (C=O) groups is 3. The van der Waals surface area contributed by atoms with Crippen LogP contribution in [0.1, 0.15) is 61.4 Å². The first-order valence-corrected chi connectivity index (χ1v) is 13.3. The SMILES string of the molecule is CCCC[C@H](NC(C)=O)C(=O)N[C@H](C(=O)NCc1ccc(CN)cc1)c1ccc(OCc2ccccc2)cc1. The molecule has 3 aromatic rings. The van der Waals surface area contributed by atoms with Crippen LogP contribution in [-0.2, 0) is 34.1 Å². The molecule has 5 N–H and O–H groups in total. The molecule has 0 fully saturated rings. The Hall–Kier alpha value is -4.17. The second kappa shape index (κ2) is 15.3. The fourth-order valence-corrected chi connectivity index (χ4v) is 4.05. The first kappa shape index (κ1) is 29.4. The number of ether oxygens (including phenoxy) is 1. The Labute approximate surface area is 230 Å². The predicted molar refractivity (Wildman–Crippen MR) is 151 cm³/mol. The highest BCUT2D eigenvalue weighted by Gasteiger charge is 2.27. The van der Waals surface area contributed by atoms with Gasteiger partial charge < -0.3 is 26.4 Å². The summed E-state index contributed by atoms with van der Waals surface area (Å²) < 4.78 is 5.87. The van der Waals surface area contributed by atoms with Gasteiger partial charge in [-0.25, -0.2) is 0 Å². The molecule has 0 heterocycles. The Balaban J connectivity index is 1.75. The van der Waals surface area contributed by atoms with Gasteiger partial charge in [-0.05, 0) is 40.8 Å². The Morgan fingerprint density at radius 3 is 2.10 bits per heavy atom. The second-order valence-electron chi connectivity index (χ2n) is 9.42. The van der Waals surface area contributed by atoms with Crippen molar-refractivity contribution in [1.82, 2.24) is 16.0 Å². The van der Waals surface area contributed by atoms with Crippen molar-refractivity contribution in [3.63, 3.8) is 0 Å². The molecular weight excluding hydrogens is 492 g/mol. The van der Waals surface area contributed by atoms with E-state index in [0.717, 1.165) is 29.5 Å². The molecular formula is C31H38N4O4. The summed E-state index contributed by atoms with van der Waals surface area (Å²) in [5.74, 6) is -0.419. The van der Waals surface area contributed by atoms with Gasteiger partial charge in [0, 0.05) is 20.0 Å². The minimum absolute atomic E-state index is 0.291. The molecule has 2 atom stereocenters. The minimum Gasteiger partial charge on any atom is -0.489 e. The summed E-state index contributed by atoms with van der Waals surface area (Å²) in [5.41, 5.74) is 9.23. The van der Waals surface area contributed by atoms with E-state index < -0.39 is 18.0 Å². The third kappa shape index (κ3) is 9.57. The van der Waals surface area contributed by atoms with Crippen LogP contribution in [0.2, 0.25) is 0 Å². The maximum Gasteiger partial charge on any atom is 0.247 e. The van der Waals surface area contributed by atoms with E-state index in [2.05, 4.69) is 16.0 Å². The van der Waals surface area contributed by atoms with Crippen molar-refractivity contribution in [2.24, 2.45) is 5.73 Å². The number of nitrogens with two attached hydrogens (primary N) is 1. The molecule has 0 aliphatic rings. The number of hydrogen-bond donors (Lipinski definition) is 4. The van der Waals surface area contributed by atoms with Gasteiger partial charge in [-0.15, -0.1) is 0 Å². The summed E-state index contributed by atoms with van der Waals surface area (Å²) in [4.78, 5) is 38.3. The van der Waals surface area contributed by atoms with Crippen LogP contribution < -0.4 is 26.4 Å². The molecule has 0 spiro atoms. The van der Waals surface area contributed by atoms with Crippen molar-refractivity contribution in [2.45, 2.75) is 64.9 Å². The first-order valence-electron chi connectivity index (χ1n) is 13.3. The molecule has 3 rings (SSSR count). The molecule has 0 aliphatic carbocycles. The molecule has 0 unspecified atom stereocenters. The monoisotopic (exact) mass is 530 g/mol. The van der Waals surface area contributed by atoms with Crippen molar-refractivity contribution >= 4 is 17.7 Å². The van der Waals surface area contributed by atoms with Crippen molar-refractivity contribution in [2.75, 3.05) is 0 Å². The van der Waals surface area contributed by atoms with Gasteiger partial charge >= 0.3 is 0 Å². The highest BCUT2D eigenvalue weighted by molar-refractivity contribution is 5.92. The largest absolute Gasteiger partial charge is 0.489 e. The number of hydrogen-bond acceptors (Lipinski definition) is 5. The van der Waals surface area contributed by atoms with E-state index in [0.29, 0.717) is 37.4 Å². The van der Waals surface area contributed by atoms with E-state index in [1.165, 1.54) is 6.92 Å². The van der Waals surface area contributed by atoms with E-state index >= 15 is 0 Å². The standard InChI is InChI=1S/C31H38N4O4/c1-3-4-10-28(34-22(2)36)30(37)35-29(31(38)33-20-24-13-11-23(19-32)12-14-24)26-15-17-27(18-16-26)39-21-25-8-6-5-7-9-25/h5-9,11-18,28-29H,3-4,10,19-21,32H2,1-2H3,(H,33,38)(H,34,36)(H,35,37)/t28-,29-/m0/s1. The Morgan fingerprint density at radius 1 is 0.821 bits per heavy atom. The lowest BCUT2D eigenvalue weighted by Gasteiger charge is -2.23. The van der Waals surface area contributed by atoms with Crippen LogP contribution >= 0.6 is 0 Å². The van der Waals surface area contributed by atoms with Gasteiger partial charge in [0.1, 0.15) is 24.4 Å². The number of benzene rings is 3. The maximum atomic E-state index is 13.4. The molecule has 0 radical (unpaired) electrons. The first-order chi connectivity index (χ1) is 18.9. The molecule has 206 valence electrons. The number of amides is 3. The topological polar surface area (TPSA) is 123 Å². The summed E-state index contributed by atoms with van der Waals surface area (Å²) in [6, 6.07) is 22.9. The zero-order chi connectivity index (χ0) is 28.0. The van der Waals surface area contributed by atoms with Crippen LogP contribution in [0.25, 0.3) is 0 Å². The predicted octanol–water partition coefficient (Wildman–Crippen LogP) is 3.89. The third-order valence-corrected chi connectivity index (χ3v) is 6.28. The summed E-state index contributed by atoms with van der Waals surface area (Å²) in [6.45, 7) is 4.54. The van der Waals surface area contributed by atoms with Gasteiger partial charge in [0.25, 0.3) is 0 Å². The fourth-order valence-electron chi connectivity index (χ4n) is 4.05. The van der Waals surface area contributed by atoms with E-state index in [-0.39, 0.29) is 11.8 Å². The molecule has 39 heavy (non-hydrogen) atoms. The molecule has 0 saturated heterocycles. The van der Waals surface area contributed by atoms with Crippen LogP contribution in [-0.4, -0.2) is 23.8 Å². The summed E-state index contributed by atoms with van der Waals surface area (Å²) in [6.07, 6.45) is 2.12. The summed E-state index contributed by atoms with van der Waals surface area (Å²) in [5, 5.41) is 8.48. The number of carbonyl (C=O) groups excluding carboxylic acids is 3. The Bertz CT molecular complexity index is 1200. The molecule has 3 amide bonds. The van der Waals surface area contributed by atoms with E-state index in [9.17, 15) is 14.4 Å². The van der Waals surface area contributed by atoms with Crippen LogP contribution in [0.15, 0.2) is 78.9 Å². The van der Waals surface area contributed by atoms with Gasteiger partial charge in [-0.1, -0.05) is 86.5 Å². The molecule has 0 aromatic heterocycles. The Kier molecular flexibility index (Phi) is 11.5. The second-order valence-corrected chi connectivity index (χ2v) is 9.42. The van der Waals surface area contributed by atoms with Gasteiger partial charge in [-0.2, -0.15) is 0 Å². The zero-order valence-electron chi connectivity index (χ0n) is 22.6. The summed E-state index contributed by atoms with van der Waals surface area (Å²) >= 11 is 0. The third-order valence-electron chi connectivity index (χ3n) is 6.28. The van der Waals surface area contributed by atoms with Crippen molar-refractivity contribution in [3.8, 4) is 5.75 Å². The highest BCUT2D eigenvalue weighted by Crippen LogP contribution is 2.20. The molecule has 8 nitrogen and oxygen atoms in total. The highest BCUT2D eigenvalue weighted by atomic mass is 16.5. The summed E-state index contributed by atoms with van der Waals surface area (Å²) in [7, 11) is 0. The number of nitrogens with one attached hydrogen (secondary N) is 3. The van der Waals surface area contributed by atoms with Crippen LogP contribution in [0.4, 0.5) is 0 Å². The van der Waals surface area contributed by atoms with E-state index in [1.54, 1.807) is 24.3 Å². The lowest BCUT2D eigenvalue weighted by Crippen LogP contribution is -2.49. The lowest BCUT2D eigenvalue weighted by atomic mass is 10.0. The average Bonchev–Trinajstić information content (AvgIpc) is 2.96. The average molecular weight is 531 g/mol. The molecule has 0 bridgehead atoms. The minimum atomic E-state index is -0.957. The van der Waals surface area contributed by atoms with Gasteiger partial charge in [0.2, 0.25) is 17.7 Å². The van der Waals surface area contributed by atoms with Crippen LogP contribution in [0, 0.1) is 0 Å².